The Labute approximate surface area is 340 Å². The second-order valence-corrected chi connectivity index (χ2v) is 15.8. The van der Waals surface area contributed by atoms with Gasteiger partial charge in [-0.3, -0.25) is 24.0 Å². The Morgan fingerprint density at radius 2 is 1.56 bits per heavy atom. The molecule has 0 radical (unpaired) electrons. The smallest absolute Gasteiger partial charge is 0.354 e. The van der Waals surface area contributed by atoms with E-state index in [1.165, 1.54) is 31.2 Å². The maximum absolute atomic E-state index is 14.8. The lowest BCUT2D eigenvalue weighted by Crippen LogP contribution is -2.66. The van der Waals surface area contributed by atoms with E-state index >= 15 is 0 Å². The molecule has 1 fully saturated rings. The Bertz CT molecular complexity index is 1830. The summed E-state index contributed by atoms with van der Waals surface area (Å²) in [5.41, 5.74) is -0.910. The number of halogens is 4. The van der Waals surface area contributed by atoms with E-state index in [-0.39, 0.29) is 55.8 Å². The van der Waals surface area contributed by atoms with Crippen LogP contribution in [0.4, 0.5) is 17.6 Å². The SMILES string of the molecule is CCC(C)[C@H](NC(=O)Cc1ccccc1F)C(=O)N[C@]1(C(=O)N[C@H](C(=O)NCC2CCN(C=O)CC2)C(C)CC)CCC(C)=C(c2cccc(C(F)(F)F)c2C)C1.[HH].[HH].[HH].[HH].[HH]. The van der Waals surface area contributed by atoms with Crippen LogP contribution in [0, 0.1) is 30.5 Å². The van der Waals surface area contributed by atoms with E-state index in [1.807, 2.05) is 20.8 Å². The van der Waals surface area contributed by atoms with Gasteiger partial charge in [-0.2, -0.15) is 13.2 Å². The van der Waals surface area contributed by atoms with E-state index in [1.54, 1.807) is 30.9 Å². The van der Waals surface area contributed by atoms with Crippen molar-refractivity contribution in [3.05, 3.63) is 76.1 Å². The molecule has 14 heteroatoms. The Morgan fingerprint density at radius 3 is 2.16 bits per heavy atom. The van der Waals surface area contributed by atoms with Crippen molar-refractivity contribution < 1.29 is 48.7 Å². The maximum Gasteiger partial charge on any atom is 0.416 e. The van der Waals surface area contributed by atoms with Crippen molar-refractivity contribution in [1.82, 2.24) is 26.2 Å². The number of benzene rings is 2. The fraction of sp³-hybridized carbons (Fsp3) is 0.558. The topological polar surface area (TPSA) is 137 Å². The summed E-state index contributed by atoms with van der Waals surface area (Å²) < 4.78 is 56.8. The number of piperidine rings is 1. The quantitative estimate of drug-likeness (QED) is 0.103. The van der Waals surface area contributed by atoms with Crippen LogP contribution in [0.2, 0.25) is 0 Å². The van der Waals surface area contributed by atoms with Crippen LogP contribution >= 0.6 is 0 Å². The van der Waals surface area contributed by atoms with Crippen molar-refractivity contribution in [2.24, 2.45) is 17.8 Å². The Morgan fingerprint density at radius 1 is 0.930 bits per heavy atom. The molecule has 0 bridgehead atoms. The van der Waals surface area contributed by atoms with Gasteiger partial charge < -0.3 is 26.2 Å². The third-order valence-corrected chi connectivity index (χ3v) is 11.9. The molecule has 10 nitrogen and oxygen atoms in total. The third kappa shape index (κ3) is 11.2. The molecule has 1 heterocycles. The zero-order chi connectivity index (χ0) is 42.1. The average molecular weight is 810 g/mol. The summed E-state index contributed by atoms with van der Waals surface area (Å²) in [7, 11) is 0. The van der Waals surface area contributed by atoms with Crippen molar-refractivity contribution in [3.8, 4) is 0 Å². The number of allylic oxidation sites excluding steroid dienone is 1. The summed E-state index contributed by atoms with van der Waals surface area (Å²) in [5, 5.41) is 11.6. The van der Waals surface area contributed by atoms with Gasteiger partial charge in [0.1, 0.15) is 23.4 Å². The second-order valence-electron chi connectivity index (χ2n) is 15.8. The minimum Gasteiger partial charge on any atom is -0.354 e. The first-order valence-corrected chi connectivity index (χ1v) is 19.9. The van der Waals surface area contributed by atoms with Gasteiger partial charge in [0.15, 0.2) is 0 Å². The number of rotatable bonds is 16. The zero-order valence-corrected chi connectivity index (χ0v) is 33.8. The highest BCUT2D eigenvalue weighted by Gasteiger charge is 2.47. The van der Waals surface area contributed by atoms with E-state index in [2.05, 4.69) is 21.3 Å². The number of carbonyl (C=O) groups excluding carboxylic acids is 5. The number of carbonyl (C=O) groups is 5. The van der Waals surface area contributed by atoms with E-state index in [0.29, 0.717) is 56.5 Å². The molecule has 4 rings (SSSR count). The van der Waals surface area contributed by atoms with E-state index in [9.17, 15) is 41.5 Å². The predicted octanol–water partition coefficient (Wildman–Crippen LogP) is 7.48. The van der Waals surface area contributed by atoms with Gasteiger partial charge >= 0.3 is 6.18 Å². The fourth-order valence-electron chi connectivity index (χ4n) is 7.70. The lowest BCUT2D eigenvalue weighted by atomic mass is 9.74. The predicted molar refractivity (Wildman–Crippen MR) is 220 cm³/mol. The van der Waals surface area contributed by atoms with Crippen LogP contribution < -0.4 is 21.3 Å². The van der Waals surface area contributed by atoms with Crippen molar-refractivity contribution in [1.29, 1.82) is 0 Å². The van der Waals surface area contributed by atoms with Crippen molar-refractivity contribution >= 4 is 35.6 Å². The zero-order valence-electron chi connectivity index (χ0n) is 33.8. The molecule has 2 aliphatic rings. The van der Waals surface area contributed by atoms with Gasteiger partial charge in [-0.05, 0) is 91.7 Å². The van der Waals surface area contributed by atoms with Crippen LogP contribution in [-0.4, -0.2) is 72.2 Å². The minimum absolute atomic E-state index is 0. The lowest BCUT2D eigenvalue weighted by Gasteiger charge is -2.41. The normalized spacial score (nSPS) is 19.9. The van der Waals surface area contributed by atoms with Gasteiger partial charge in [0.25, 0.3) is 0 Å². The molecule has 1 aliphatic heterocycles. The van der Waals surface area contributed by atoms with Crippen LogP contribution in [0.5, 0.6) is 0 Å². The Kier molecular flexibility index (Phi) is 15.5. The maximum atomic E-state index is 14.8. The molecule has 4 N–H and O–H groups in total. The van der Waals surface area contributed by atoms with E-state index in [4.69, 9.17) is 0 Å². The molecule has 2 aromatic rings. The van der Waals surface area contributed by atoms with Crippen molar-refractivity contribution in [2.75, 3.05) is 19.6 Å². The molecule has 2 unspecified atom stereocenters. The Balaban J connectivity index is 0. The molecule has 322 valence electrons. The monoisotopic (exact) mass is 810 g/mol. The average Bonchev–Trinajstić information content (AvgIpc) is 3.18. The molecule has 5 amide bonds. The number of nitrogens with one attached hydrogen (secondary N) is 4. The summed E-state index contributed by atoms with van der Waals surface area (Å²) in [6, 6.07) is 7.53. The van der Waals surface area contributed by atoms with Gasteiger partial charge in [0, 0.05) is 33.2 Å². The largest absolute Gasteiger partial charge is 0.416 e. The molecular formula is C43H67F4N5O5. The Hall–Kier alpha value is -4.75. The summed E-state index contributed by atoms with van der Waals surface area (Å²) in [4.78, 5) is 69.2. The van der Waals surface area contributed by atoms with Gasteiger partial charge in [-0.1, -0.05) is 76.4 Å². The molecule has 5 atom stereocenters. The number of hydrogen-bond acceptors (Lipinski definition) is 5. The molecule has 57 heavy (non-hydrogen) atoms. The molecule has 0 aromatic heterocycles. The number of nitrogens with zero attached hydrogens (tertiary/aromatic N) is 1. The number of amides is 5. The van der Waals surface area contributed by atoms with E-state index in [0.717, 1.165) is 18.0 Å². The van der Waals surface area contributed by atoms with Gasteiger partial charge in [0.05, 0.1) is 12.0 Å². The van der Waals surface area contributed by atoms with Crippen LogP contribution in [0.25, 0.3) is 5.57 Å². The highest BCUT2D eigenvalue weighted by atomic mass is 19.4. The van der Waals surface area contributed by atoms with Crippen molar-refractivity contribution in [3.63, 3.8) is 0 Å². The molecular weight excluding hydrogens is 742 g/mol. The standard InChI is InChI=1S/C43H57F4N5O5.5H2/c1-7-26(3)37(39(55)48-24-30-17-20-52(25-53)21-18-30)50-41(57)42(19-16-28(5)33(23-42)32-13-11-14-34(29(32)6)43(45,46)47)51-40(56)38(27(4)8-2)49-36(54)22-31-12-9-10-15-35(31)44;;;;;/h9-15,25-27,30,37-38H,7-8,16-24H2,1-6H3,(H,48,55)(H,49,54)(H,50,57)(H,51,56);5*1H/t26?,27?,37-,38-,42+;;;;;/m0...../s1. The first-order valence-electron chi connectivity index (χ1n) is 19.9. The summed E-state index contributed by atoms with van der Waals surface area (Å²) in [6.45, 7) is 12.0. The molecule has 1 aliphatic carbocycles. The summed E-state index contributed by atoms with van der Waals surface area (Å²) >= 11 is 0. The molecule has 0 saturated carbocycles. The first kappa shape index (κ1) is 45.0. The fourth-order valence-corrected chi connectivity index (χ4v) is 7.70. The van der Waals surface area contributed by atoms with Crippen LogP contribution in [0.1, 0.15) is 109 Å². The highest BCUT2D eigenvalue weighted by molar-refractivity contribution is 5.99. The highest BCUT2D eigenvalue weighted by Crippen LogP contribution is 2.42. The lowest BCUT2D eigenvalue weighted by molar-refractivity contribution is -0.139. The number of alkyl halides is 3. The first-order chi connectivity index (χ1) is 26.9. The van der Waals surface area contributed by atoms with Crippen LogP contribution in [0.3, 0.4) is 0 Å². The van der Waals surface area contributed by atoms with Crippen LogP contribution in [-0.2, 0) is 36.6 Å². The van der Waals surface area contributed by atoms with Gasteiger partial charge in [-0.25, -0.2) is 4.39 Å². The van der Waals surface area contributed by atoms with E-state index < -0.39 is 64.7 Å². The molecule has 1 saturated heterocycles. The summed E-state index contributed by atoms with van der Waals surface area (Å²) in [6.07, 6.45) is -1.62. The number of likely N-dealkylation sites (tertiary alicyclic amines) is 1. The minimum atomic E-state index is -4.63. The van der Waals surface area contributed by atoms with Gasteiger partial charge in [-0.15, -0.1) is 0 Å². The summed E-state index contributed by atoms with van der Waals surface area (Å²) in [5.74, 6) is -3.58. The van der Waals surface area contributed by atoms with Crippen molar-refractivity contribution in [2.45, 2.75) is 117 Å². The van der Waals surface area contributed by atoms with Crippen LogP contribution in [0.15, 0.2) is 48.0 Å². The third-order valence-electron chi connectivity index (χ3n) is 11.9. The van der Waals surface area contributed by atoms with Gasteiger partial charge in [0.2, 0.25) is 30.0 Å². The molecule has 0 spiro atoms. The molecule has 2 aromatic carbocycles. The number of hydrogen-bond donors (Lipinski definition) is 4. The second kappa shape index (κ2) is 19.6.